The standard InChI is InChI=1S/C40H42N2O4.2C6H5NO5S/c1-41(2,37-19-11-5-12-20-37)31-33-23-25-34(26-24-33)32-42(38-21-13-6-14-22-38,27-29-45-39(43)35-15-7-3-8-16-35)28-30-46-40(44)36-17-9-4-10-18-36;2*8-7(9)5-2-1-3-6(4-5)13(10,11)12/h3-26H,27-32H2,1-2H3;2*1-4H,(H,10,11,12)/q+2;;/p-2. The summed E-state index contributed by atoms with van der Waals surface area (Å²) in [4.78, 5) is 43.3. The largest absolute Gasteiger partial charge is 0.744 e. The van der Waals surface area contributed by atoms with E-state index in [2.05, 4.69) is 74.8 Å². The van der Waals surface area contributed by atoms with Crippen LogP contribution in [0.1, 0.15) is 31.8 Å². The van der Waals surface area contributed by atoms with Crippen molar-refractivity contribution in [3.63, 3.8) is 0 Å². The molecule has 0 heterocycles. The van der Waals surface area contributed by atoms with Crippen LogP contribution in [-0.2, 0) is 42.8 Å². The first kappa shape index (κ1) is 55.0. The van der Waals surface area contributed by atoms with Crippen LogP contribution < -0.4 is 8.97 Å². The smallest absolute Gasteiger partial charge is 0.338 e. The van der Waals surface area contributed by atoms with Crippen LogP contribution in [0.25, 0.3) is 0 Å². The lowest BCUT2D eigenvalue weighted by Gasteiger charge is -2.38. The molecule has 0 fully saturated rings. The number of benzene rings is 7. The first-order valence-electron chi connectivity index (χ1n) is 21.9. The maximum Gasteiger partial charge on any atom is 0.338 e. The van der Waals surface area contributed by atoms with Gasteiger partial charge in [-0.1, -0.05) is 109 Å². The van der Waals surface area contributed by atoms with Gasteiger partial charge in [-0.15, -0.1) is 0 Å². The Balaban J connectivity index is 0.000000299. The van der Waals surface area contributed by atoms with Crippen molar-refractivity contribution >= 4 is 54.9 Å². The molecular weight excluding hydrogens is 969 g/mol. The summed E-state index contributed by atoms with van der Waals surface area (Å²) in [7, 11) is -4.79. The van der Waals surface area contributed by atoms with Crippen molar-refractivity contribution in [1.82, 2.24) is 8.97 Å². The maximum atomic E-state index is 12.8. The molecule has 0 amide bonds. The van der Waals surface area contributed by atoms with Gasteiger partial charge in [-0.2, -0.15) is 0 Å². The molecule has 7 aromatic carbocycles. The van der Waals surface area contributed by atoms with Crippen molar-refractivity contribution in [3.8, 4) is 0 Å². The first-order valence-corrected chi connectivity index (χ1v) is 24.7. The quantitative estimate of drug-likeness (QED) is 0.0256. The Morgan fingerprint density at radius 3 is 1.18 bits per heavy atom. The van der Waals surface area contributed by atoms with Crippen LogP contribution in [-0.4, -0.2) is 88.1 Å². The van der Waals surface area contributed by atoms with Crippen LogP contribution in [0.5, 0.6) is 0 Å². The van der Waals surface area contributed by atoms with Crippen LogP contribution in [0.4, 0.5) is 22.7 Å². The van der Waals surface area contributed by atoms with Crippen molar-refractivity contribution in [2.45, 2.75) is 22.9 Å². The Bertz CT molecular complexity index is 3010. The van der Waals surface area contributed by atoms with Crippen LogP contribution in [0.3, 0.4) is 0 Å². The second kappa shape index (κ2) is 25.2. The highest BCUT2D eigenvalue weighted by Gasteiger charge is 2.32. The number of nitrogens with zero attached hydrogens (tertiary/aromatic N) is 4. The molecule has 0 aliphatic carbocycles. The van der Waals surface area contributed by atoms with Gasteiger partial charge in [0.2, 0.25) is 0 Å². The van der Waals surface area contributed by atoms with E-state index in [1.165, 1.54) is 11.3 Å². The lowest BCUT2D eigenvalue weighted by atomic mass is 10.1. The number of nitro groups is 2. The lowest BCUT2D eigenvalue weighted by molar-refractivity contribution is -0.385. The fraction of sp³-hybridized carbons (Fsp3) is 0.154. The number of carbonyl (C=O) groups is 2. The van der Waals surface area contributed by atoms with Crippen molar-refractivity contribution in [1.29, 1.82) is 0 Å². The van der Waals surface area contributed by atoms with Gasteiger partial charge in [0.05, 0.1) is 44.9 Å². The number of nitro benzene ring substituents is 2. The number of carbonyl (C=O) groups excluding carboxylic acids is 2. The molecule has 20 heteroatoms. The predicted molar refractivity (Wildman–Crippen MR) is 267 cm³/mol. The van der Waals surface area contributed by atoms with Crippen molar-refractivity contribution in [2.75, 3.05) is 40.4 Å². The van der Waals surface area contributed by atoms with E-state index < -0.39 is 51.2 Å². The molecule has 0 aromatic heterocycles. The maximum absolute atomic E-state index is 12.8. The number of quaternary nitrogens is 2. The number of hydrogen-bond acceptors (Lipinski definition) is 14. The molecule has 0 radical (unpaired) electrons. The van der Waals surface area contributed by atoms with Gasteiger partial charge in [0, 0.05) is 35.4 Å². The normalized spacial score (nSPS) is 11.4. The van der Waals surface area contributed by atoms with Gasteiger partial charge in [-0.25, -0.2) is 26.4 Å². The van der Waals surface area contributed by atoms with Gasteiger partial charge in [-0.3, -0.25) is 29.2 Å². The number of ether oxygens (including phenoxy) is 2. The van der Waals surface area contributed by atoms with Crippen LogP contribution in [0.15, 0.2) is 204 Å². The fourth-order valence-electron chi connectivity index (χ4n) is 7.29. The summed E-state index contributed by atoms with van der Waals surface area (Å²) in [6.07, 6.45) is 0. The number of esters is 2. The van der Waals surface area contributed by atoms with E-state index >= 15 is 0 Å². The molecule has 0 unspecified atom stereocenters. The van der Waals surface area contributed by atoms with E-state index in [9.17, 15) is 55.8 Å². The zero-order valence-electron chi connectivity index (χ0n) is 39.0. The Morgan fingerprint density at radius 1 is 0.472 bits per heavy atom. The molecule has 0 aliphatic heterocycles. The van der Waals surface area contributed by atoms with Gasteiger partial charge >= 0.3 is 11.9 Å². The summed E-state index contributed by atoms with van der Waals surface area (Å²) >= 11 is 0. The summed E-state index contributed by atoms with van der Waals surface area (Å²) in [6.45, 7) is 2.91. The average Bonchev–Trinajstić information content (AvgIpc) is 3.37. The number of para-hydroxylation sites is 2. The first-order chi connectivity index (χ1) is 34.2. The third-order valence-electron chi connectivity index (χ3n) is 11.0. The zero-order chi connectivity index (χ0) is 52.4. The molecular formula is C52H50N4O14S2. The van der Waals surface area contributed by atoms with E-state index in [1.807, 2.05) is 60.7 Å². The summed E-state index contributed by atoms with van der Waals surface area (Å²) < 4.78 is 75.3. The highest BCUT2D eigenvalue weighted by atomic mass is 32.2. The highest BCUT2D eigenvalue weighted by Crippen LogP contribution is 2.28. The Morgan fingerprint density at radius 2 is 0.819 bits per heavy atom. The molecule has 0 saturated carbocycles. The second-order valence-corrected chi connectivity index (χ2v) is 19.3. The third-order valence-corrected chi connectivity index (χ3v) is 12.7. The van der Waals surface area contributed by atoms with Crippen LogP contribution >= 0.6 is 0 Å². The topological polar surface area (TPSA) is 253 Å². The van der Waals surface area contributed by atoms with Crippen LogP contribution in [0.2, 0.25) is 0 Å². The molecule has 374 valence electrons. The van der Waals surface area contributed by atoms with E-state index in [-0.39, 0.29) is 25.2 Å². The van der Waals surface area contributed by atoms with Gasteiger partial charge in [0.25, 0.3) is 11.4 Å². The third kappa shape index (κ3) is 16.6. The molecule has 7 rings (SSSR count). The predicted octanol–water partition coefficient (Wildman–Crippen LogP) is 8.67. The van der Waals surface area contributed by atoms with Gasteiger partial charge in [0.15, 0.2) is 0 Å². The van der Waals surface area contributed by atoms with Crippen molar-refractivity contribution in [2.24, 2.45) is 0 Å². The van der Waals surface area contributed by atoms with E-state index in [4.69, 9.17) is 9.47 Å². The van der Waals surface area contributed by atoms with Crippen molar-refractivity contribution in [3.05, 3.63) is 237 Å². The molecule has 0 N–H and O–H groups in total. The van der Waals surface area contributed by atoms with Gasteiger partial charge in [0.1, 0.15) is 71.0 Å². The number of hydrogen-bond donors (Lipinski definition) is 0. The lowest BCUT2D eigenvalue weighted by Crippen LogP contribution is -2.53. The molecule has 18 nitrogen and oxygen atoms in total. The van der Waals surface area contributed by atoms with E-state index in [0.29, 0.717) is 35.2 Å². The molecule has 0 aliphatic rings. The minimum atomic E-state index is -4.61. The second-order valence-electron chi connectivity index (χ2n) is 16.5. The van der Waals surface area contributed by atoms with E-state index in [1.54, 1.807) is 24.3 Å². The SMILES string of the molecule is C[N+](C)(Cc1ccc(C[N+](CCOC(=O)c2ccccc2)(CCOC(=O)c2ccccc2)c2ccccc2)cc1)c1ccccc1.O=[N+]([O-])c1cccc(S(=O)(=O)[O-])c1.O=[N+]([O-])c1cccc(S(=O)(=O)[O-])c1. The van der Waals surface area contributed by atoms with Crippen LogP contribution in [0, 0.1) is 20.2 Å². The monoisotopic (exact) mass is 1020 g/mol. The summed E-state index contributed by atoms with van der Waals surface area (Å²) in [6, 6.07) is 55.5. The molecule has 0 spiro atoms. The Hall–Kier alpha value is -7.98. The van der Waals surface area contributed by atoms with Crippen molar-refractivity contribution < 1.29 is 54.9 Å². The van der Waals surface area contributed by atoms with E-state index in [0.717, 1.165) is 70.8 Å². The summed E-state index contributed by atoms with van der Waals surface area (Å²) in [5.74, 6) is -0.712. The minimum absolute atomic E-state index is 0.204. The Kier molecular flexibility index (Phi) is 19.3. The summed E-state index contributed by atoms with van der Waals surface area (Å²) in [5.41, 5.74) is 4.88. The molecule has 72 heavy (non-hydrogen) atoms. The minimum Gasteiger partial charge on any atom is -0.744 e. The average molecular weight is 1020 g/mol. The molecule has 7 aromatic rings. The Labute approximate surface area is 416 Å². The molecule has 0 bridgehead atoms. The zero-order valence-corrected chi connectivity index (χ0v) is 40.7. The summed E-state index contributed by atoms with van der Waals surface area (Å²) in [5, 5.41) is 20.4. The fourth-order valence-corrected chi connectivity index (χ4v) is 8.31. The molecule has 0 atom stereocenters. The van der Waals surface area contributed by atoms with Gasteiger partial charge in [-0.05, 0) is 60.7 Å². The van der Waals surface area contributed by atoms with Gasteiger partial charge < -0.3 is 18.6 Å². The number of rotatable bonds is 18. The molecule has 0 saturated heterocycles. The highest BCUT2D eigenvalue weighted by molar-refractivity contribution is 7.86. The number of non-ortho nitro benzene ring substituents is 2.